The van der Waals surface area contributed by atoms with Gasteiger partial charge in [-0.05, 0) is 0 Å². The minimum Gasteiger partial charge on any atom is -0.264 e. The summed E-state index contributed by atoms with van der Waals surface area (Å²) in [6.07, 6.45) is 0. The van der Waals surface area contributed by atoms with E-state index in [4.69, 9.17) is 70.1 Å². The Balaban J connectivity index is -0.0000000533. The summed E-state index contributed by atoms with van der Waals surface area (Å²) >= 11 is 0. The van der Waals surface area contributed by atoms with Gasteiger partial charge in [0.15, 0.2) is 0 Å². The predicted octanol–water partition coefficient (Wildman–Crippen LogP) is -1.98. The van der Waals surface area contributed by atoms with Crippen LogP contribution in [-0.4, -0.2) is 70.1 Å². The zero-order valence-electron chi connectivity index (χ0n) is 8.48. The molecule has 16 nitrogen and oxygen atoms in total. The minimum absolute atomic E-state index is 0. The molecule has 0 unspecified atom stereocenters. The van der Waals surface area contributed by atoms with Gasteiger partial charge in [0.25, 0.3) is 0 Å². The largest absolute Gasteiger partial charge is 0.394 e. The maximum absolute atomic E-state index is 8.74. The maximum Gasteiger partial charge on any atom is 0.394 e. The van der Waals surface area contributed by atoms with Gasteiger partial charge in [0.05, 0.1) is 0 Å². The maximum atomic E-state index is 8.74. The van der Waals surface area contributed by atoms with Crippen LogP contribution in [-0.2, 0) is 41.6 Å². The monoisotopic (exact) mass is 408 g/mol. The highest BCUT2D eigenvalue weighted by molar-refractivity contribution is 7.80. The highest BCUT2D eigenvalue weighted by Crippen LogP contribution is 1.60. The van der Waals surface area contributed by atoms with E-state index in [0.717, 1.165) is 0 Å². The molecule has 0 radical (unpaired) electrons. The molecular formula is CH12O16S4. The summed E-state index contributed by atoms with van der Waals surface area (Å²) in [5.41, 5.74) is 0. The quantitative estimate of drug-likeness (QED) is 0.201. The number of rotatable bonds is 0. The van der Waals surface area contributed by atoms with Crippen LogP contribution in [0.1, 0.15) is 7.43 Å². The fourth-order valence-corrected chi connectivity index (χ4v) is 0. The first-order chi connectivity index (χ1) is 8.00. The molecular weight excluding hydrogens is 396 g/mol. The molecule has 0 heterocycles. The minimum atomic E-state index is -4.67. The van der Waals surface area contributed by atoms with E-state index in [1.807, 2.05) is 0 Å². The van der Waals surface area contributed by atoms with Crippen molar-refractivity contribution in [2.75, 3.05) is 0 Å². The summed E-state index contributed by atoms with van der Waals surface area (Å²) < 4.78 is 126. The van der Waals surface area contributed by atoms with Gasteiger partial charge in [-0.15, -0.1) is 0 Å². The van der Waals surface area contributed by atoms with Crippen LogP contribution in [0.3, 0.4) is 0 Å². The smallest absolute Gasteiger partial charge is 0.264 e. The highest BCUT2D eigenvalue weighted by Gasteiger charge is 1.86. The first kappa shape index (κ1) is 32.4. The van der Waals surface area contributed by atoms with Crippen LogP contribution >= 0.6 is 0 Å². The van der Waals surface area contributed by atoms with E-state index in [1.165, 1.54) is 0 Å². The summed E-state index contributed by atoms with van der Waals surface area (Å²) in [4.78, 5) is 0. The van der Waals surface area contributed by atoms with Crippen molar-refractivity contribution in [3.8, 4) is 0 Å². The Morgan fingerprint density at radius 3 is 0.333 bits per heavy atom. The van der Waals surface area contributed by atoms with Crippen molar-refractivity contribution >= 4 is 41.6 Å². The van der Waals surface area contributed by atoms with E-state index in [0.29, 0.717) is 0 Å². The Morgan fingerprint density at radius 2 is 0.333 bits per heavy atom. The standard InChI is InChI=1S/CH4.4H2O4S/c;4*1-5(2,3)4/h1H4;4*(H2,1,2,3,4). The fraction of sp³-hybridized carbons (Fsp3) is 1.00. The molecule has 0 aromatic heterocycles. The van der Waals surface area contributed by atoms with Gasteiger partial charge in [0.1, 0.15) is 0 Å². The van der Waals surface area contributed by atoms with E-state index >= 15 is 0 Å². The van der Waals surface area contributed by atoms with E-state index in [2.05, 4.69) is 0 Å². The molecule has 0 aromatic rings. The summed E-state index contributed by atoms with van der Waals surface area (Å²) in [6, 6.07) is 0. The van der Waals surface area contributed by atoms with Crippen molar-refractivity contribution in [1.82, 2.24) is 0 Å². The molecule has 0 saturated carbocycles. The van der Waals surface area contributed by atoms with Crippen LogP contribution in [0.2, 0.25) is 0 Å². The molecule has 0 spiro atoms. The summed E-state index contributed by atoms with van der Waals surface area (Å²) in [7, 11) is -18.7. The third-order valence-electron chi connectivity index (χ3n) is 0. The van der Waals surface area contributed by atoms with E-state index in [-0.39, 0.29) is 7.43 Å². The summed E-state index contributed by atoms with van der Waals surface area (Å²) in [5, 5.41) is 0. The van der Waals surface area contributed by atoms with Crippen molar-refractivity contribution in [2.24, 2.45) is 0 Å². The normalized spacial score (nSPS) is 11.0. The van der Waals surface area contributed by atoms with Gasteiger partial charge in [0, 0.05) is 0 Å². The van der Waals surface area contributed by atoms with Crippen molar-refractivity contribution in [3.05, 3.63) is 0 Å². The third-order valence-corrected chi connectivity index (χ3v) is 0. The average molecular weight is 408 g/mol. The van der Waals surface area contributed by atoms with Gasteiger partial charge in [-0.25, -0.2) is 0 Å². The van der Waals surface area contributed by atoms with Crippen molar-refractivity contribution in [1.29, 1.82) is 0 Å². The molecule has 0 saturated heterocycles. The second-order valence-electron chi connectivity index (χ2n) is 1.79. The SMILES string of the molecule is C.O=S(=O)(O)O.O=S(=O)(O)O.O=S(=O)(O)O.O=S(=O)(O)O. The van der Waals surface area contributed by atoms with Crippen LogP contribution in [0.4, 0.5) is 0 Å². The number of hydrogen-bond acceptors (Lipinski definition) is 8. The van der Waals surface area contributed by atoms with E-state index < -0.39 is 41.6 Å². The van der Waals surface area contributed by atoms with Crippen molar-refractivity contribution < 1.29 is 70.1 Å². The lowest BCUT2D eigenvalue weighted by molar-refractivity contribution is 0.378. The second-order valence-corrected chi connectivity index (χ2v) is 5.37. The lowest BCUT2D eigenvalue weighted by Crippen LogP contribution is -1.89. The van der Waals surface area contributed by atoms with Crippen molar-refractivity contribution in [3.63, 3.8) is 0 Å². The predicted molar refractivity (Wildman–Crippen MR) is 63.4 cm³/mol. The zero-order valence-corrected chi connectivity index (χ0v) is 11.7. The van der Waals surface area contributed by atoms with Crippen LogP contribution < -0.4 is 0 Å². The molecule has 20 heteroatoms. The van der Waals surface area contributed by atoms with Crippen LogP contribution in [0, 0.1) is 0 Å². The van der Waals surface area contributed by atoms with Gasteiger partial charge in [-0.3, -0.25) is 36.4 Å². The molecule has 0 aromatic carbocycles. The third kappa shape index (κ3) is 22000. The summed E-state index contributed by atoms with van der Waals surface area (Å²) in [5.74, 6) is 0. The molecule has 8 N–H and O–H groups in total. The highest BCUT2D eigenvalue weighted by atomic mass is 32.3. The van der Waals surface area contributed by atoms with Crippen LogP contribution in [0.15, 0.2) is 0 Å². The molecule has 0 rings (SSSR count). The Hall–Kier alpha value is -0.520. The fourth-order valence-electron chi connectivity index (χ4n) is 0. The zero-order chi connectivity index (χ0) is 18.0. The molecule has 0 fully saturated rings. The molecule has 0 bridgehead atoms. The van der Waals surface area contributed by atoms with E-state index in [1.54, 1.807) is 0 Å². The van der Waals surface area contributed by atoms with Gasteiger partial charge < -0.3 is 0 Å². The first-order valence-corrected chi connectivity index (χ1v) is 8.38. The lowest BCUT2D eigenvalue weighted by atomic mass is 12.0. The molecule has 0 amide bonds. The first-order valence-electron chi connectivity index (χ1n) is 2.79. The Labute approximate surface area is 119 Å². The topological polar surface area (TPSA) is 298 Å². The Morgan fingerprint density at radius 1 is 0.333 bits per heavy atom. The molecule has 136 valence electrons. The van der Waals surface area contributed by atoms with Gasteiger partial charge >= 0.3 is 41.6 Å². The van der Waals surface area contributed by atoms with Gasteiger partial charge in [-0.2, -0.15) is 33.7 Å². The molecule has 0 atom stereocenters. The van der Waals surface area contributed by atoms with E-state index in [9.17, 15) is 0 Å². The average Bonchev–Trinajstić information content (AvgIpc) is 1.62. The molecule has 0 aliphatic carbocycles. The molecule has 0 aliphatic heterocycles. The second kappa shape index (κ2) is 12.1. The lowest BCUT2D eigenvalue weighted by Gasteiger charge is -1.68. The molecule has 0 aliphatic rings. The Kier molecular flexibility index (Phi) is 18.6. The van der Waals surface area contributed by atoms with Gasteiger partial charge in [-0.1, -0.05) is 7.43 Å². The Bertz CT molecular complexity index is 473. The van der Waals surface area contributed by atoms with Crippen LogP contribution in [0.25, 0.3) is 0 Å². The van der Waals surface area contributed by atoms with Gasteiger partial charge in [0.2, 0.25) is 0 Å². The van der Waals surface area contributed by atoms with Crippen LogP contribution in [0.5, 0.6) is 0 Å². The number of hydrogen-bond donors (Lipinski definition) is 8. The molecule has 21 heavy (non-hydrogen) atoms. The summed E-state index contributed by atoms with van der Waals surface area (Å²) in [6.45, 7) is 0. The van der Waals surface area contributed by atoms with Crippen molar-refractivity contribution in [2.45, 2.75) is 7.43 Å².